The third-order valence-electron chi connectivity index (χ3n) is 2.05. The molecule has 0 unspecified atom stereocenters. The summed E-state index contributed by atoms with van der Waals surface area (Å²) in [6, 6.07) is 1.20. The third-order valence-corrected chi connectivity index (χ3v) is 3.20. The van der Waals surface area contributed by atoms with Gasteiger partial charge in [0.05, 0.1) is 15.6 Å². The van der Waals surface area contributed by atoms with Crippen LogP contribution in [0, 0.1) is 11.6 Å². The van der Waals surface area contributed by atoms with Crippen LogP contribution in [0.1, 0.15) is 30.1 Å². The molecule has 0 fully saturated rings. The van der Waals surface area contributed by atoms with Crippen LogP contribution in [0.15, 0.2) is 15.0 Å². The van der Waals surface area contributed by atoms with Crippen LogP contribution in [0.5, 0.6) is 0 Å². The summed E-state index contributed by atoms with van der Waals surface area (Å²) in [7, 11) is 0. The maximum absolute atomic E-state index is 13.6. The van der Waals surface area contributed by atoms with Crippen LogP contribution in [0.3, 0.4) is 0 Å². The van der Waals surface area contributed by atoms with E-state index in [1.807, 2.05) is 6.92 Å². The molecule has 0 aliphatic heterocycles. The van der Waals surface area contributed by atoms with E-state index in [0.29, 0.717) is 6.42 Å². The zero-order valence-corrected chi connectivity index (χ0v) is 12.2. The highest BCUT2D eigenvalue weighted by Gasteiger charge is 2.23. The molecule has 94 valence electrons. The van der Waals surface area contributed by atoms with Crippen LogP contribution in [0.2, 0.25) is 0 Å². The molecule has 0 heterocycles. The molecule has 0 aliphatic rings. The molecule has 0 N–H and O–H groups in total. The van der Waals surface area contributed by atoms with Crippen LogP contribution in [-0.2, 0) is 4.74 Å². The molecule has 0 spiro atoms. The summed E-state index contributed by atoms with van der Waals surface area (Å²) in [6.45, 7) is 2.07. The molecule has 0 aliphatic carbocycles. The van der Waals surface area contributed by atoms with Crippen LogP contribution in [0.25, 0.3) is 0 Å². The Morgan fingerprint density at radius 3 is 2.29 bits per heavy atom. The molecule has 6 heteroatoms. The highest BCUT2D eigenvalue weighted by atomic mass is 79.9. The molecule has 1 aromatic rings. The van der Waals surface area contributed by atoms with Gasteiger partial charge in [-0.2, -0.15) is 0 Å². The molecule has 0 saturated heterocycles. The maximum Gasteiger partial charge on any atom is 0.344 e. The Labute approximate surface area is 115 Å². The molecular weight excluding hydrogens is 362 g/mol. The van der Waals surface area contributed by atoms with Gasteiger partial charge in [-0.1, -0.05) is 13.3 Å². The number of rotatable bonds is 4. The smallest absolute Gasteiger partial charge is 0.344 e. The van der Waals surface area contributed by atoms with E-state index in [0.717, 1.165) is 6.42 Å². The number of esters is 1. The Balaban J connectivity index is 3.00. The van der Waals surface area contributed by atoms with Crippen molar-refractivity contribution < 1.29 is 18.3 Å². The molecule has 1 rings (SSSR count). The second-order valence-electron chi connectivity index (χ2n) is 3.33. The van der Waals surface area contributed by atoms with Crippen molar-refractivity contribution in [3.63, 3.8) is 0 Å². The van der Waals surface area contributed by atoms with E-state index < -0.39 is 23.2 Å². The van der Waals surface area contributed by atoms with Gasteiger partial charge < -0.3 is 4.74 Å². The van der Waals surface area contributed by atoms with E-state index in [2.05, 4.69) is 31.9 Å². The number of benzene rings is 1. The number of carbonyl (C=O) groups is 1. The van der Waals surface area contributed by atoms with Gasteiger partial charge in [-0.05, 0) is 44.3 Å². The SMILES string of the molecule is CCCCOC(=O)c1c(F)c(Br)cc(Br)c1F. The van der Waals surface area contributed by atoms with Gasteiger partial charge in [0.25, 0.3) is 0 Å². The lowest BCUT2D eigenvalue weighted by Gasteiger charge is -2.08. The van der Waals surface area contributed by atoms with Crippen molar-refractivity contribution in [3.8, 4) is 0 Å². The summed E-state index contributed by atoms with van der Waals surface area (Å²) in [4.78, 5) is 11.5. The molecule has 0 atom stereocenters. The molecule has 0 amide bonds. The summed E-state index contributed by atoms with van der Waals surface area (Å²) in [5, 5.41) is 0. The third kappa shape index (κ3) is 3.48. The monoisotopic (exact) mass is 370 g/mol. The van der Waals surface area contributed by atoms with E-state index in [1.165, 1.54) is 6.07 Å². The molecule has 17 heavy (non-hydrogen) atoms. The number of hydrogen-bond donors (Lipinski definition) is 0. The topological polar surface area (TPSA) is 26.3 Å². The van der Waals surface area contributed by atoms with Gasteiger partial charge >= 0.3 is 5.97 Å². The zero-order valence-electron chi connectivity index (χ0n) is 9.03. The van der Waals surface area contributed by atoms with E-state index >= 15 is 0 Å². The molecule has 1 aromatic carbocycles. The van der Waals surface area contributed by atoms with Crippen molar-refractivity contribution in [3.05, 3.63) is 32.2 Å². The predicted octanol–water partition coefficient (Wildman–Crippen LogP) is 4.45. The Morgan fingerprint density at radius 2 is 1.82 bits per heavy atom. The van der Waals surface area contributed by atoms with Gasteiger partial charge in [0.15, 0.2) is 11.6 Å². The number of ether oxygens (including phenoxy) is 1. The van der Waals surface area contributed by atoms with Crippen LogP contribution in [0.4, 0.5) is 8.78 Å². The molecule has 0 radical (unpaired) electrons. The summed E-state index contributed by atoms with van der Waals surface area (Å²) >= 11 is 5.80. The van der Waals surface area contributed by atoms with Crippen LogP contribution in [-0.4, -0.2) is 12.6 Å². The lowest BCUT2D eigenvalue weighted by atomic mass is 10.2. The fourth-order valence-corrected chi connectivity index (χ4v) is 2.30. The fourth-order valence-electron chi connectivity index (χ4n) is 1.13. The number of hydrogen-bond acceptors (Lipinski definition) is 2. The number of carbonyl (C=O) groups excluding carboxylic acids is 1. The average Bonchev–Trinajstić information content (AvgIpc) is 2.27. The van der Waals surface area contributed by atoms with Gasteiger partial charge in [-0.25, -0.2) is 13.6 Å². The second-order valence-corrected chi connectivity index (χ2v) is 5.04. The van der Waals surface area contributed by atoms with E-state index in [4.69, 9.17) is 4.74 Å². The zero-order chi connectivity index (χ0) is 13.0. The maximum atomic E-state index is 13.6. The Kier molecular flexibility index (Phi) is 5.52. The molecule has 0 saturated carbocycles. The van der Waals surface area contributed by atoms with Crippen molar-refractivity contribution in [2.75, 3.05) is 6.61 Å². The lowest BCUT2D eigenvalue weighted by Crippen LogP contribution is -2.12. The van der Waals surface area contributed by atoms with Gasteiger partial charge in [0.2, 0.25) is 0 Å². The first-order valence-corrected chi connectivity index (χ1v) is 6.57. The van der Waals surface area contributed by atoms with Gasteiger partial charge in [-0.3, -0.25) is 0 Å². The summed E-state index contributed by atoms with van der Waals surface area (Å²) in [5.41, 5.74) is -0.678. The van der Waals surface area contributed by atoms with Crippen molar-refractivity contribution in [1.29, 1.82) is 0 Å². The minimum absolute atomic E-state index is 0.00761. The van der Waals surface area contributed by atoms with E-state index in [-0.39, 0.29) is 15.6 Å². The largest absolute Gasteiger partial charge is 0.462 e. The Hall–Kier alpha value is -0.490. The van der Waals surface area contributed by atoms with Gasteiger partial charge in [-0.15, -0.1) is 0 Å². The highest BCUT2D eigenvalue weighted by molar-refractivity contribution is 9.11. The fraction of sp³-hybridized carbons (Fsp3) is 0.364. The van der Waals surface area contributed by atoms with Crippen molar-refractivity contribution >= 4 is 37.8 Å². The quantitative estimate of drug-likeness (QED) is 0.444. The first kappa shape index (κ1) is 14.6. The van der Waals surface area contributed by atoms with E-state index in [1.54, 1.807) is 0 Å². The summed E-state index contributed by atoms with van der Waals surface area (Å²) in [6.07, 6.45) is 1.49. The van der Waals surface area contributed by atoms with Crippen LogP contribution < -0.4 is 0 Å². The van der Waals surface area contributed by atoms with Crippen molar-refractivity contribution in [1.82, 2.24) is 0 Å². The molecule has 0 aromatic heterocycles. The second kappa shape index (κ2) is 6.44. The Morgan fingerprint density at radius 1 is 1.29 bits per heavy atom. The van der Waals surface area contributed by atoms with E-state index in [9.17, 15) is 13.6 Å². The van der Waals surface area contributed by atoms with Gasteiger partial charge in [0.1, 0.15) is 5.56 Å². The molecule has 2 nitrogen and oxygen atoms in total. The number of halogens is 4. The molecule has 0 bridgehead atoms. The standard InChI is InChI=1S/C11H10Br2F2O2/c1-2-3-4-17-11(16)8-9(14)6(12)5-7(13)10(8)15/h5H,2-4H2,1H3. The average molecular weight is 372 g/mol. The first-order chi connectivity index (χ1) is 7.99. The summed E-state index contributed by atoms with van der Waals surface area (Å²) in [5.74, 6) is -2.89. The minimum atomic E-state index is -0.990. The van der Waals surface area contributed by atoms with Crippen LogP contribution >= 0.6 is 31.9 Å². The predicted molar refractivity (Wildman–Crippen MR) is 66.9 cm³/mol. The number of unbranched alkanes of at least 4 members (excludes halogenated alkanes) is 1. The minimum Gasteiger partial charge on any atom is -0.462 e. The Bertz CT molecular complexity index is 410. The highest BCUT2D eigenvalue weighted by Crippen LogP contribution is 2.28. The molecular formula is C11H10Br2F2O2. The summed E-state index contributed by atoms with van der Waals surface area (Å²) < 4.78 is 32.0. The normalized spacial score (nSPS) is 10.4. The van der Waals surface area contributed by atoms with Crippen molar-refractivity contribution in [2.24, 2.45) is 0 Å². The lowest BCUT2D eigenvalue weighted by molar-refractivity contribution is 0.0488. The van der Waals surface area contributed by atoms with Crippen molar-refractivity contribution in [2.45, 2.75) is 19.8 Å². The first-order valence-electron chi connectivity index (χ1n) is 4.99. The van der Waals surface area contributed by atoms with Gasteiger partial charge in [0, 0.05) is 0 Å².